The van der Waals surface area contributed by atoms with Crippen LogP contribution >= 0.6 is 0 Å². The van der Waals surface area contributed by atoms with Crippen LogP contribution in [-0.2, 0) is 9.53 Å². The number of nitrogens with zero attached hydrogens (tertiary/aromatic N) is 1. The maximum Gasteiger partial charge on any atom is 0.222 e. The Hall–Kier alpha value is -0.610. The molecule has 2 heterocycles. The Balaban J connectivity index is 1.69. The second kappa shape index (κ2) is 7.85. The van der Waals surface area contributed by atoms with Gasteiger partial charge >= 0.3 is 0 Å². The quantitative estimate of drug-likeness (QED) is 0.824. The molecule has 1 N–H and O–H groups in total. The average molecular weight is 268 g/mol. The van der Waals surface area contributed by atoms with Crippen molar-refractivity contribution in [3.63, 3.8) is 0 Å². The zero-order chi connectivity index (χ0) is 13.5. The Bertz CT molecular complexity index is 275. The third kappa shape index (κ3) is 4.77. The standard InChI is InChI=1S/C15H28N2O2/c1-19-12-14-5-3-9-17(11-14)15(18)7-6-13-4-2-8-16-10-13/h13-14,16H,2-12H2,1H3. The van der Waals surface area contributed by atoms with Gasteiger partial charge in [-0.3, -0.25) is 4.79 Å². The van der Waals surface area contributed by atoms with E-state index >= 15 is 0 Å². The summed E-state index contributed by atoms with van der Waals surface area (Å²) in [6.07, 6.45) is 6.66. The van der Waals surface area contributed by atoms with Crippen LogP contribution in [0.1, 0.15) is 38.5 Å². The number of hydrogen-bond donors (Lipinski definition) is 1. The van der Waals surface area contributed by atoms with E-state index in [-0.39, 0.29) is 0 Å². The van der Waals surface area contributed by atoms with E-state index in [0.29, 0.717) is 17.7 Å². The number of hydrogen-bond acceptors (Lipinski definition) is 3. The number of piperidine rings is 2. The Morgan fingerprint density at radius 1 is 1.32 bits per heavy atom. The molecule has 0 aromatic heterocycles. The van der Waals surface area contributed by atoms with E-state index in [1.54, 1.807) is 7.11 Å². The maximum absolute atomic E-state index is 12.3. The predicted octanol–water partition coefficient (Wildman–Crippen LogP) is 1.65. The van der Waals surface area contributed by atoms with Gasteiger partial charge in [0, 0.05) is 26.6 Å². The number of likely N-dealkylation sites (tertiary alicyclic amines) is 1. The summed E-state index contributed by atoms with van der Waals surface area (Å²) < 4.78 is 5.22. The van der Waals surface area contributed by atoms with Crippen molar-refractivity contribution >= 4 is 5.91 Å². The van der Waals surface area contributed by atoms with Crippen LogP contribution in [0.3, 0.4) is 0 Å². The van der Waals surface area contributed by atoms with Crippen LogP contribution in [0.2, 0.25) is 0 Å². The molecule has 1 amide bonds. The monoisotopic (exact) mass is 268 g/mol. The van der Waals surface area contributed by atoms with Gasteiger partial charge in [-0.1, -0.05) is 0 Å². The second-order valence-corrected chi connectivity index (χ2v) is 6.05. The summed E-state index contributed by atoms with van der Waals surface area (Å²) >= 11 is 0. The van der Waals surface area contributed by atoms with Crippen molar-refractivity contribution in [2.75, 3.05) is 39.9 Å². The van der Waals surface area contributed by atoms with Crippen molar-refractivity contribution in [2.24, 2.45) is 11.8 Å². The summed E-state index contributed by atoms with van der Waals surface area (Å²) in [6.45, 7) is 4.88. The predicted molar refractivity (Wildman–Crippen MR) is 76.0 cm³/mol. The lowest BCUT2D eigenvalue weighted by molar-refractivity contribution is -0.133. The summed E-state index contributed by atoms with van der Waals surface area (Å²) in [5.41, 5.74) is 0. The number of amides is 1. The molecule has 0 aromatic carbocycles. The Morgan fingerprint density at radius 2 is 2.16 bits per heavy atom. The molecule has 19 heavy (non-hydrogen) atoms. The molecular formula is C15H28N2O2. The first-order valence-electron chi connectivity index (χ1n) is 7.77. The second-order valence-electron chi connectivity index (χ2n) is 6.05. The van der Waals surface area contributed by atoms with Gasteiger partial charge in [0.1, 0.15) is 0 Å². The SMILES string of the molecule is COCC1CCCN(C(=O)CCC2CCCNC2)C1. The lowest BCUT2D eigenvalue weighted by Gasteiger charge is -2.33. The van der Waals surface area contributed by atoms with E-state index < -0.39 is 0 Å². The van der Waals surface area contributed by atoms with Gasteiger partial charge in [0.25, 0.3) is 0 Å². The van der Waals surface area contributed by atoms with Crippen LogP contribution in [0, 0.1) is 11.8 Å². The first-order valence-corrected chi connectivity index (χ1v) is 7.77. The minimum Gasteiger partial charge on any atom is -0.384 e. The van der Waals surface area contributed by atoms with Gasteiger partial charge < -0.3 is 15.0 Å². The molecule has 2 aliphatic rings. The topological polar surface area (TPSA) is 41.6 Å². The van der Waals surface area contributed by atoms with Gasteiger partial charge in [-0.05, 0) is 57.0 Å². The van der Waals surface area contributed by atoms with Crippen molar-refractivity contribution in [2.45, 2.75) is 38.5 Å². The molecule has 110 valence electrons. The number of methoxy groups -OCH3 is 1. The van der Waals surface area contributed by atoms with Crippen molar-refractivity contribution < 1.29 is 9.53 Å². The fourth-order valence-electron chi connectivity index (χ4n) is 3.32. The molecule has 2 atom stereocenters. The van der Waals surface area contributed by atoms with Gasteiger partial charge in [0.15, 0.2) is 0 Å². The zero-order valence-corrected chi connectivity index (χ0v) is 12.2. The molecular weight excluding hydrogens is 240 g/mol. The smallest absolute Gasteiger partial charge is 0.222 e. The highest BCUT2D eigenvalue weighted by molar-refractivity contribution is 5.76. The van der Waals surface area contributed by atoms with Crippen molar-refractivity contribution in [1.82, 2.24) is 10.2 Å². The summed E-state index contributed by atoms with van der Waals surface area (Å²) in [5, 5.41) is 3.42. The Morgan fingerprint density at radius 3 is 2.89 bits per heavy atom. The molecule has 2 aliphatic heterocycles. The molecule has 4 heteroatoms. The lowest BCUT2D eigenvalue weighted by Crippen LogP contribution is -2.41. The van der Waals surface area contributed by atoms with Crippen LogP contribution in [0.15, 0.2) is 0 Å². The molecule has 2 unspecified atom stereocenters. The van der Waals surface area contributed by atoms with E-state index in [0.717, 1.165) is 52.0 Å². The van der Waals surface area contributed by atoms with Crippen LogP contribution in [0.5, 0.6) is 0 Å². The average Bonchev–Trinajstić information content (AvgIpc) is 2.46. The molecule has 2 fully saturated rings. The van der Waals surface area contributed by atoms with E-state index in [4.69, 9.17) is 4.74 Å². The molecule has 0 saturated carbocycles. The normalized spacial score (nSPS) is 28.4. The molecule has 2 rings (SSSR count). The minimum atomic E-state index is 0.353. The van der Waals surface area contributed by atoms with Gasteiger partial charge in [-0.25, -0.2) is 0 Å². The summed E-state index contributed by atoms with van der Waals surface area (Å²) in [7, 11) is 1.75. The van der Waals surface area contributed by atoms with Gasteiger partial charge in [-0.15, -0.1) is 0 Å². The van der Waals surface area contributed by atoms with Gasteiger partial charge in [0.2, 0.25) is 5.91 Å². The number of nitrogens with one attached hydrogen (secondary N) is 1. The van der Waals surface area contributed by atoms with Crippen molar-refractivity contribution in [1.29, 1.82) is 0 Å². The number of carbonyl (C=O) groups excluding carboxylic acids is 1. The third-order valence-electron chi connectivity index (χ3n) is 4.44. The van der Waals surface area contributed by atoms with E-state index in [2.05, 4.69) is 10.2 Å². The first-order chi connectivity index (χ1) is 9.29. The Labute approximate surface area is 116 Å². The third-order valence-corrected chi connectivity index (χ3v) is 4.44. The Kier molecular flexibility index (Phi) is 6.11. The van der Waals surface area contributed by atoms with E-state index in [1.165, 1.54) is 19.3 Å². The van der Waals surface area contributed by atoms with Crippen molar-refractivity contribution in [3.05, 3.63) is 0 Å². The molecule has 0 spiro atoms. The van der Waals surface area contributed by atoms with Crippen LogP contribution in [0.4, 0.5) is 0 Å². The number of carbonyl (C=O) groups is 1. The first kappa shape index (κ1) is 14.8. The zero-order valence-electron chi connectivity index (χ0n) is 12.2. The van der Waals surface area contributed by atoms with E-state index in [1.807, 2.05) is 0 Å². The molecule has 2 saturated heterocycles. The summed E-state index contributed by atoms with van der Waals surface area (Å²) in [6, 6.07) is 0. The van der Waals surface area contributed by atoms with Crippen LogP contribution < -0.4 is 5.32 Å². The number of ether oxygens (including phenoxy) is 1. The van der Waals surface area contributed by atoms with Gasteiger partial charge in [0.05, 0.1) is 6.61 Å². The summed E-state index contributed by atoms with van der Waals surface area (Å²) in [5.74, 6) is 1.60. The van der Waals surface area contributed by atoms with E-state index in [9.17, 15) is 4.79 Å². The molecule has 0 radical (unpaired) electrons. The lowest BCUT2D eigenvalue weighted by atomic mass is 9.93. The number of rotatable bonds is 5. The van der Waals surface area contributed by atoms with Crippen molar-refractivity contribution in [3.8, 4) is 0 Å². The highest BCUT2D eigenvalue weighted by atomic mass is 16.5. The van der Waals surface area contributed by atoms with Gasteiger partial charge in [-0.2, -0.15) is 0 Å². The minimum absolute atomic E-state index is 0.353. The molecule has 0 aromatic rings. The fourth-order valence-corrected chi connectivity index (χ4v) is 3.32. The molecule has 4 nitrogen and oxygen atoms in total. The highest BCUT2D eigenvalue weighted by Crippen LogP contribution is 2.20. The highest BCUT2D eigenvalue weighted by Gasteiger charge is 2.24. The largest absolute Gasteiger partial charge is 0.384 e. The van der Waals surface area contributed by atoms with Crippen LogP contribution in [-0.4, -0.2) is 50.7 Å². The summed E-state index contributed by atoms with van der Waals surface area (Å²) in [4.78, 5) is 14.3. The molecule has 0 aliphatic carbocycles. The maximum atomic E-state index is 12.3. The van der Waals surface area contributed by atoms with Crippen LogP contribution in [0.25, 0.3) is 0 Å². The fraction of sp³-hybridized carbons (Fsp3) is 0.933. The molecule has 0 bridgehead atoms.